The summed E-state index contributed by atoms with van der Waals surface area (Å²) in [6, 6.07) is 4.57. The van der Waals surface area contributed by atoms with Crippen molar-refractivity contribution in [1.29, 1.82) is 0 Å². The fourth-order valence-electron chi connectivity index (χ4n) is 2.96. The molecular weight excluding hydrogens is 410 g/mol. The van der Waals surface area contributed by atoms with Crippen LogP contribution < -0.4 is 4.74 Å². The van der Waals surface area contributed by atoms with Crippen molar-refractivity contribution in [2.24, 2.45) is 0 Å². The Morgan fingerprint density at radius 1 is 1.48 bits per heavy atom. The van der Waals surface area contributed by atoms with E-state index in [0.717, 1.165) is 10.9 Å². The lowest BCUT2D eigenvalue weighted by molar-refractivity contribution is -0.137. The van der Waals surface area contributed by atoms with Crippen LogP contribution in [-0.2, 0) is 14.6 Å². The Hall–Kier alpha value is -1.41. The van der Waals surface area contributed by atoms with Crippen LogP contribution in [0, 0.1) is 0 Å². The van der Waals surface area contributed by atoms with Crippen molar-refractivity contribution < 1.29 is 22.7 Å². The second kappa shape index (κ2) is 8.31. The van der Waals surface area contributed by atoms with E-state index < -0.39 is 9.84 Å². The van der Waals surface area contributed by atoms with Crippen LogP contribution in [0.2, 0.25) is 0 Å². The monoisotopic (exact) mass is 431 g/mol. The molecule has 0 aromatic heterocycles. The van der Waals surface area contributed by atoms with Gasteiger partial charge in [-0.25, -0.2) is 8.42 Å². The summed E-state index contributed by atoms with van der Waals surface area (Å²) >= 11 is 3.28. The van der Waals surface area contributed by atoms with Gasteiger partial charge in [0.2, 0.25) is 0 Å². The topological polar surface area (TPSA) is 80.8 Å². The minimum atomic E-state index is -3.08. The molecule has 0 radical (unpaired) electrons. The molecule has 0 saturated carbocycles. The second-order valence-electron chi connectivity index (χ2n) is 6.20. The molecule has 1 aliphatic rings. The molecule has 138 valence electrons. The van der Waals surface area contributed by atoms with Crippen LogP contribution in [-0.4, -0.2) is 55.7 Å². The molecule has 0 bridgehead atoms. The van der Waals surface area contributed by atoms with Crippen molar-refractivity contribution in [2.45, 2.75) is 38.8 Å². The summed E-state index contributed by atoms with van der Waals surface area (Å²) in [6.07, 6.45) is 1.84. The highest BCUT2D eigenvalue weighted by Gasteiger charge is 2.36. The molecule has 0 aliphatic carbocycles. The number of carbonyl (C=O) groups is 2. The molecule has 1 heterocycles. The maximum absolute atomic E-state index is 12.7. The van der Waals surface area contributed by atoms with Crippen molar-refractivity contribution in [3.63, 3.8) is 0 Å². The van der Waals surface area contributed by atoms with Gasteiger partial charge in [0.15, 0.2) is 22.7 Å². The molecule has 0 unspecified atom stereocenters. The van der Waals surface area contributed by atoms with Gasteiger partial charge in [-0.1, -0.05) is 22.9 Å². The fourth-order valence-corrected chi connectivity index (χ4v) is 5.05. The molecule has 0 N–H and O–H groups in total. The van der Waals surface area contributed by atoms with Crippen molar-refractivity contribution in [3.05, 3.63) is 28.2 Å². The molecule has 2 atom stereocenters. The van der Waals surface area contributed by atoms with Crippen molar-refractivity contribution in [1.82, 2.24) is 4.90 Å². The number of rotatable bonds is 7. The van der Waals surface area contributed by atoms with Crippen LogP contribution in [0.5, 0.6) is 5.75 Å². The van der Waals surface area contributed by atoms with Gasteiger partial charge < -0.3 is 9.64 Å². The van der Waals surface area contributed by atoms with Gasteiger partial charge in [-0.15, -0.1) is 0 Å². The lowest BCUT2D eigenvalue weighted by Crippen LogP contribution is -2.48. The van der Waals surface area contributed by atoms with E-state index in [0.29, 0.717) is 24.0 Å². The van der Waals surface area contributed by atoms with Crippen LogP contribution >= 0.6 is 15.9 Å². The molecule has 1 aliphatic heterocycles. The molecule has 1 aromatic carbocycles. The third-order valence-electron chi connectivity index (χ3n) is 4.41. The number of nitrogens with zero attached hydrogens (tertiary/aromatic N) is 1. The average molecular weight is 432 g/mol. The van der Waals surface area contributed by atoms with Gasteiger partial charge in [0.05, 0.1) is 17.1 Å². The lowest BCUT2D eigenvalue weighted by atomic mass is 10.1. The number of hydrogen-bond acceptors (Lipinski definition) is 5. The number of benzene rings is 1. The maximum Gasteiger partial charge on any atom is 0.261 e. The normalized spacial score (nSPS) is 20.0. The van der Waals surface area contributed by atoms with E-state index in [1.54, 1.807) is 23.1 Å². The molecule has 1 saturated heterocycles. The van der Waals surface area contributed by atoms with Crippen LogP contribution in [0.4, 0.5) is 0 Å². The maximum atomic E-state index is 12.7. The van der Waals surface area contributed by atoms with Crippen molar-refractivity contribution in [2.75, 3.05) is 18.1 Å². The number of hydrogen-bond donors (Lipinski definition) is 0. The van der Waals surface area contributed by atoms with E-state index in [2.05, 4.69) is 15.9 Å². The summed E-state index contributed by atoms with van der Waals surface area (Å²) in [5.74, 6) is 0.174. The van der Waals surface area contributed by atoms with Crippen molar-refractivity contribution in [3.8, 4) is 5.75 Å². The van der Waals surface area contributed by atoms with Gasteiger partial charge in [-0.05, 0) is 38.0 Å². The summed E-state index contributed by atoms with van der Waals surface area (Å²) in [6.45, 7) is 3.62. The number of halogens is 1. The standard InChI is InChI=1S/C17H22BrNO5S/c1-3-12(2)19(15-6-7-25(22,23)11-15)17(21)10-24-16-5-4-14(18)8-13(16)9-20/h4-5,8-9,12,15H,3,6-7,10-11H2,1-2H3/t12-,15-/m1/s1. The summed E-state index contributed by atoms with van der Waals surface area (Å²) in [7, 11) is -3.08. The SMILES string of the molecule is CC[C@@H](C)N(C(=O)COc1ccc(Br)cc1C=O)[C@@H]1CCS(=O)(=O)C1. The van der Waals surface area contributed by atoms with E-state index in [-0.39, 0.29) is 36.1 Å². The minimum absolute atomic E-state index is 0.000944. The molecule has 6 nitrogen and oxygen atoms in total. The average Bonchev–Trinajstić information content (AvgIpc) is 2.92. The molecule has 1 amide bonds. The second-order valence-corrected chi connectivity index (χ2v) is 9.35. The zero-order valence-electron chi connectivity index (χ0n) is 14.3. The van der Waals surface area contributed by atoms with E-state index in [9.17, 15) is 18.0 Å². The Labute approximate surface area is 156 Å². The first-order valence-corrected chi connectivity index (χ1v) is 10.8. The number of ether oxygens (including phenoxy) is 1. The van der Waals surface area contributed by atoms with Gasteiger partial charge in [-0.3, -0.25) is 9.59 Å². The highest BCUT2D eigenvalue weighted by Crippen LogP contribution is 2.24. The zero-order valence-corrected chi connectivity index (χ0v) is 16.7. The summed E-state index contributed by atoms with van der Waals surface area (Å²) in [4.78, 5) is 25.4. The largest absolute Gasteiger partial charge is 0.483 e. The smallest absolute Gasteiger partial charge is 0.261 e. The molecule has 1 aromatic rings. The zero-order chi connectivity index (χ0) is 18.6. The summed E-state index contributed by atoms with van der Waals surface area (Å²) in [5.41, 5.74) is 0.348. The van der Waals surface area contributed by atoms with Gasteiger partial charge in [-0.2, -0.15) is 0 Å². The van der Waals surface area contributed by atoms with Crippen LogP contribution in [0.25, 0.3) is 0 Å². The summed E-state index contributed by atoms with van der Waals surface area (Å²) < 4.78 is 29.8. The van der Waals surface area contributed by atoms with E-state index in [1.807, 2.05) is 13.8 Å². The third kappa shape index (κ3) is 5.04. The Morgan fingerprint density at radius 3 is 2.76 bits per heavy atom. The summed E-state index contributed by atoms with van der Waals surface area (Å²) in [5, 5.41) is 0. The Bertz CT molecular complexity index is 749. The number of aldehydes is 1. The van der Waals surface area contributed by atoms with Gasteiger partial charge in [0, 0.05) is 16.6 Å². The molecule has 2 rings (SSSR count). The quantitative estimate of drug-likeness (QED) is 0.619. The first kappa shape index (κ1) is 19.9. The highest BCUT2D eigenvalue weighted by atomic mass is 79.9. The predicted molar refractivity (Wildman–Crippen MR) is 98.7 cm³/mol. The molecular formula is C17H22BrNO5S. The van der Waals surface area contributed by atoms with Gasteiger partial charge in [0.1, 0.15) is 5.75 Å². The fraction of sp³-hybridized carbons (Fsp3) is 0.529. The Morgan fingerprint density at radius 2 is 2.20 bits per heavy atom. The van der Waals surface area contributed by atoms with Crippen LogP contribution in [0.1, 0.15) is 37.0 Å². The van der Waals surface area contributed by atoms with Crippen LogP contribution in [0.3, 0.4) is 0 Å². The first-order chi connectivity index (χ1) is 11.8. The van der Waals surface area contributed by atoms with E-state index >= 15 is 0 Å². The molecule has 25 heavy (non-hydrogen) atoms. The Balaban J connectivity index is 2.11. The number of sulfone groups is 1. The highest BCUT2D eigenvalue weighted by molar-refractivity contribution is 9.10. The third-order valence-corrected chi connectivity index (χ3v) is 6.65. The first-order valence-electron chi connectivity index (χ1n) is 8.16. The lowest BCUT2D eigenvalue weighted by Gasteiger charge is -2.33. The van der Waals surface area contributed by atoms with Gasteiger partial charge >= 0.3 is 0 Å². The van der Waals surface area contributed by atoms with Crippen LogP contribution in [0.15, 0.2) is 22.7 Å². The number of carbonyl (C=O) groups excluding carboxylic acids is 2. The van der Waals surface area contributed by atoms with E-state index in [4.69, 9.17) is 4.74 Å². The molecule has 1 fully saturated rings. The Kier molecular flexibility index (Phi) is 6.62. The van der Waals surface area contributed by atoms with E-state index in [1.165, 1.54) is 0 Å². The molecule has 8 heteroatoms. The predicted octanol–water partition coefficient (Wildman–Crippen LogP) is 2.45. The van der Waals surface area contributed by atoms with Gasteiger partial charge in [0.25, 0.3) is 5.91 Å². The minimum Gasteiger partial charge on any atom is -0.483 e. The number of amides is 1. The molecule has 0 spiro atoms. The van der Waals surface area contributed by atoms with Crippen molar-refractivity contribution >= 4 is 38.0 Å².